The molecular formula is C26H22ClFN2O5. The summed E-state index contributed by atoms with van der Waals surface area (Å²) in [5.74, 6) is -1.10. The molecular weight excluding hydrogens is 475 g/mol. The van der Waals surface area contributed by atoms with Crippen LogP contribution in [0.2, 0.25) is 5.02 Å². The number of hydrogen-bond donors (Lipinski definition) is 1. The number of fused-ring (bicyclic) bond motifs is 1. The number of nitrogens with one attached hydrogen (secondary N) is 1. The van der Waals surface area contributed by atoms with Crippen molar-refractivity contribution in [1.82, 2.24) is 5.32 Å². The Balaban J connectivity index is 1.46. The first-order chi connectivity index (χ1) is 16.8. The minimum Gasteiger partial charge on any atom is -0.485 e. The van der Waals surface area contributed by atoms with Crippen LogP contribution in [0.5, 0.6) is 11.5 Å². The summed E-state index contributed by atoms with van der Waals surface area (Å²) in [4.78, 5) is 39.3. The van der Waals surface area contributed by atoms with Crippen molar-refractivity contribution in [2.24, 2.45) is 0 Å². The van der Waals surface area contributed by atoms with Crippen LogP contribution >= 0.6 is 11.6 Å². The summed E-state index contributed by atoms with van der Waals surface area (Å²) in [5, 5.41) is 2.77. The molecule has 0 bridgehead atoms. The number of benzene rings is 3. The van der Waals surface area contributed by atoms with Crippen molar-refractivity contribution < 1.29 is 28.2 Å². The van der Waals surface area contributed by atoms with E-state index < -0.39 is 11.7 Å². The predicted molar refractivity (Wildman–Crippen MR) is 129 cm³/mol. The highest BCUT2D eigenvalue weighted by atomic mass is 35.5. The van der Waals surface area contributed by atoms with Crippen molar-refractivity contribution >= 4 is 34.9 Å². The molecule has 0 fully saturated rings. The highest BCUT2D eigenvalue weighted by Gasteiger charge is 2.29. The minimum absolute atomic E-state index is 0.116. The molecule has 0 saturated carbocycles. The van der Waals surface area contributed by atoms with Crippen LogP contribution in [0.15, 0.2) is 66.7 Å². The number of carbonyl (C=O) groups excluding carboxylic acids is 3. The van der Waals surface area contributed by atoms with E-state index in [0.717, 1.165) is 11.6 Å². The number of Topliss-reactive ketones (excluding diaryl/α,β-unsaturated/α-hetero) is 1. The molecule has 180 valence electrons. The summed E-state index contributed by atoms with van der Waals surface area (Å²) >= 11 is 5.74. The highest BCUT2D eigenvalue weighted by molar-refractivity contribution is 6.30. The van der Waals surface area contributed by atoms with Gasteiger partial charge in [0.05, 0.1) is 16.8 Å². The number of amides is 2. The van der Waals surface area contributed by atoms with E-state index in [1.807, 2.05) is 37.3 Å². The van der Waals surface area contributed by atoms with Gasteiger partial charge in [0, 0.05) is 11.6 Å². The van der Waals surface area contributed by atoms with Crippen LogP contribution < -0.4 is 19.7 Å². The maximum Gasteiger partial charge on any atom is 0.265 e. The van der Waals surface area contributed by atoms with E-state index in [-0.39, 0.29) is 53.8 Å². The van der Waals surface area contributed by atoms with E-state index in [2.05, 4.69) is 5.32 Å². The van der Waals surface area contributed by atoms with E-state index in [1.165, 1.54) is 23.1 Å². The summed E-state index contributed by atoms with van der Waals surface area (Å²) in [7, 11) is 0. The fourth-order valence-corrected chi connectivity index (χ4v) is 3.77. The van der Waals surface area contributed by atoms with E-state index >= 15 is 0 Å². The average molecular weight is 497 g/mol. The number of carbonyl (C=O) groups is 3. The number of hydrogen-bond acceptors (Lipinski definition) is 5. The molecule has 35 heavy (non-hydrogen) atoms. The first kappa shape index (κ1) is 24.2. The van der Waals surface area contributed by atoms with Gasteiger partial charge in [0.15, 0.2) is 19.0 Å². The Hall–Kier alpha value is -3.91. The van der Waals surface area contributed by atoms with Gasteiger partial charge in [-0.15, -0.1) is 0 Å². The first-order valence-electron chi connectivity index (χ1n) is 10.8. The fraction of sp³-hybridized carbons (Fsp3) is 0.192. The molecule has 1 aliphatic rings. The van der Waals surface area contributed by atoms with Crippen LogP contribution in [0.1, 0.15) is 28.9 Å². The molecule has 0 spiro atoms. The van der Waals surface area contributed by atoms with Gasteiger partial charge in [-0.3, -0.25) is 19.3 Å². The molecule has 7 nitrogen and oxygen atoms in total. The summed E-state index contributed by atoms with van der Waals surface area (Å²) in [6.45, 7) is 1.09. The lowest BCUT2D eigenvalue weighted by Crippen LogP contribution is -2.45. The maximum atomic E-state index is 13.3. The van der Waals surface area contributed by atoms with Gasteiger partial charge in [0.2, 0.25) is 5.91 Å². The van der Waals surface area contributed by atoms with Crippen LogP contribution in [0.25, 0.3) is 0 Å². The second-order valence-electron chi connectivity index (χ2n) is 7.94. The second kappa shape index (κ2) is 10.6. The smallest absolute Gasteiger partial charge is 0.265 e. The Kier molecular flexibility index (Phi) is 7.31. The minimum atomic E-state index is -0.591. The molecule has 2 amide bonds. The molecule has 1 atom stereocenters. The Morgan fingerprint density at radius 1 is 1.14 bits per heavy atom. The lowest BCUT2D eigenvalue weighted by molar-refractivity contribution is -0.125. The SMILES string of the molecule is CC(NC(=O)CN1C(=O)COc2ccc(C(=O)COc3ccc(F)c(Cl)c3)cc21)c1ccccc1. The summed E-state index contributed by atoms with van der Waals surface area (Å²) in [6, 6.07) is 17.6. The zero-order valence-electron chi connectivity index (χ0n) is 18.8. The number of ether oxygens (including phenoxy) is 2. The molecule has 3 aromatic rings. The lowest BCUT2D eigenvalue weighted by atomic mass is 10.1. The number of rotatable bonds is 8. The van der Waals surface area contributed by atoms with Crippen LogP contribution in [0, 0.1) is 5.82 Å². The van der Waals surface area contributed by atoms with Gasteiger partial charge in [0.1, 0.15) is 23.9 Å². The molecule has 4 rings (SSSR count). The number of nitrogens with zero attached hydrogens (tertiary/aromatic N) is 1. The van der Waals surface area contributed by atoms with Crippen molar-refractivity contribution in [3.63, 3.8) is 0 Å². The Bertz CT molecular complexity index is 1270. The second-order valence-corrected chi connectivity index (χ2v) is 8.35. The highest BCUT2D eigenvalue weighted by Crippen LogP contribution is 2.33. The first-order valence-corrected chi connectivity index (χ1v) is 11.2. The molecule has 3 aromatic carbocycles. The van der Waals surface area contributed by atoms with E-state index in [9.17, 15) is 18.8 Å². The molecule has 1 heterocycles. The van der Waals surface area contributed by atoms with E-state index in [0.29, 0.717) is 11.4 Å². The molecule has 1 aliphatic heterocycles. The van der Waals surface area contributed by atoms with Gasteiger partial charge >= 0.3 is 0 Å². The zero-order chi connectivity index (χ0) is 24.9. The summed E-state index contributed by atoms with van der Waals surface area (Å²) in [6.07, 6.45) is 0. The van der Waals surface area contributed by atoms with Crippen molar-refractivity contribution in [2.45, 2.75) is 13.0 Å². The Morgan fingerprint density at radius 2 is 1.91 bits per heavy atom. The van der Waals surface area contributed by atoms with Crippen molar-refractivity contribution in [1.29, 1.82) is 0 Å². The topological polar surface area (TPSA) is 84.9 Å². The summed E-state index contributed by atoms with van der Waals surface area (Å²) < 4.78 is 24.2. The third kappa shape index (κ3) is 5.78. The van der Waals surface area contributed by atoms with Gasteiger partial charge in [-0.25, -0.2) is 4.39 Å². The number of halogens is 2. The Morgan fingerprint density at radius 3 is 2.66 bits per heavy atom. The third-order valence-corrected chi connectivity index (χ3v) is 5.75. The number of anilines is 1. The van der Waals surface area contributed by atoms with Crippen molar-refractivity contribution in [2.75, 3.05) is 24.7 Å². The molecule has 1 N–H and O–H groups in total. The lowest BCUT2D eigenvalue weighted by Gasteiger charge is -2.29. The van der Waals surface area contributed by atoms with Gasteiger partial charge in [0.25, 0.3) is 5.91 Å². The molecule has 0 radical (unpaired) electrons. The largest absolute Gasteiger partial charge is 0.485 e. The molecule has 0 saturated heterocycles. The van der Waals surface area contributed by atoms with Gasteiger partial charge < -0.3 is 14.8 Å². The van der Waals surface area contributed by atoms with Gasteiger partial charge in [-0.1, -0.05) is 41.9 Å². The monoisotopic (exact) mass is 496 g/mol. The van der Waals surface area contributed by atoms with Crippen molar-refractivity contribution in [3.05, 3.63) is 88.7 Å². The quantitative estimate of drug-likeness (QED) is 0.469. The standard InChI is InChI=1S/C26H22ClFN2O5/c1-16(17-5-3-2-4-6-17)29-25(32)13-30-22-11-18(7-10-24(22)35-15-26(30)33)23(31)14-34-19-8-9-21(28)20(27)12-19/h2-12,16H,13-15H2,1H3,(H,29,32). The Labute approximate surface area is 206 Å². The molecule has 0 aliphatic carbocycles. The summed E-state index contributed by atoms with van der Waals surface area (Å²) in [5.41, 5.74) is 1.52. The van der Waals surface area contributed by atoms with Crippen LogP contribution in [0.3, 0.4) is 0 Å². The molecule has 1 unspecified atom stereocenters. The molecule has 0 aromatic heterocycles. The number of ketones is 1. The van der Waals surface area contributed by atoms with Gasteiger partial charge in [-0.05, 0) is 42.8 Å². The zero-order valence-corrected chi connectivity index (χ0v) is 19.5. The van der Waals surface area contributed by atoms with Crippen LogP contribution in [-0.4, -0.2) is 37.4 Å². The normalized spacial score (nSPS) is 13.5. The van der Waals surface area contributed by atoms with Crippen LogP contribution in [-0.2, 0) is 9.59 Å². The van der Waals surface area contributed by atoms with Crippen LogP contribution in [0.4, 0.5) is 10.1 Å². The predicted octanol–water partition coefficient (Wildman–Crippen LogP) is 4.34. The third-order valence-electron chi connectivity index (χ3n) is 5.46. The van der Waals surface area contributed by atoms with E-state index in [4.69, 9.17) is 21.1 Å². The van der Waals surface area contributed by atoms with E-state index in [1.54, 1.807) is 12.1 Å². The maximum absolute atomic E-state index is 13.3. The van der Waals surface area contributed by atoms with Gasteiger partial charge in [-0.2, -0.15) is 0 Å². The molecule has 9 heteroatoms. The average Bonchev–Trinajstić information content (AvgIpc) is 2.86. The van der Waals surface area contributed by atoms with Crippen molar-refractivity contribution in [3.8, 4) is 11.5 Å². The fourth-order valence-electron chi connectivity index (χ4n) is 3.60.